The van der Waals surface area contributed by atoms with Crippen LogP contribution in [0.4, 0.5) is 0 Å². The first kappa shape index (κ1) is 18.9. The van der Waals surface area contributed by atoms with Crippen LogP contribution in [0, 0.1) is 18.3 Å². The average Bonchev–Trinajstić information content (AvgIpc) is 2.17. The van der Waals surface area contributed by atoms with Crippen LogP contribution in [-0.4, -0.2) is 20.5 Å². The molecule has 0 saturated heterocycles. The minimum atomic E-state index is 0. The van der Waals surface area contributed by atoms with Gasteiger partial charge in [0.1, 0.15) is 6.79 Å². The molecule has 2 nitrogen and oxygen atoms in total. The predicted octanol–water partition coefficient (Wildman–Crippen LogP) is 0.668. The first-order valence-corrected chi connectivity index (χ1v) is 6.05. The molecule has 2 unspecified atom stereocenters. The van der Waals surface area contributed by atoms with E-state index in [2.05, 4.69) is 27.2 Å². The Balaban J connectivity index is 0. The summed E-state index contributed by atoms with van der Waals surface area (Å²) >= 11 is 0. The first-order chi connectivity index (χ1) is 7.20. The van der Waals surface area contributed by atoms with Crippen LogP contribution in [0.15, 0.2) is 0 Å². The third-order valence-electron chi connectivity index (χ3n) is 2.63. The molecular weight excluding hydrogens is 195 g/mol. The average molecular weight is 222 g/mol. The van der Waals surface area contributed by atoms with Crippen molar-refractivity contribution in [3.05, 3.63) is 6.42 Å². The summed E-state index contributed by atoms with van der Waals surface area (Å²) in [4.78, 5) is 0. The maximum atomic E-state index is 5.26. The van der Waals surface area contributed by atoms with E-state index >= 15 is 0 Å². The molecule has 0 saturated carbocycles. The van der Waals surface area contributed by atoms with Gasteiger partial charge in [-0.15, -0.1) is 0 Å². The molecule has 0 fully saturated rings. The van der Waals surface area contributed by atoms with Gasteiger partial charge in [-0.25, -0.2) is 0 Å². The Morgan fingerprint density at radius 1 is 1.19 bits per heavy atom. The summed E-state index contributed by atoms with van der Waals surface area (Å²) in [6.45, 7) is 8.06. The van der Waals surface area contributed by atoms with Crippen molar-refractivity contribution in [3.63, 3.8) is 0 Å². The molecule has 0 aliphatic rings. The van der Waals surface area contributed by atoms with Gasteiger partial charge in [0, 0.05) is 13.7 Å². The number of ether oxygens (including phenoxy) is 2. The van der Waals surface area contributed by atoms with Crippen LogP contribution in [0.5, 0.6) is 0 Å². The van der Waals surface area contributed by atoms with E-state index in [-0.39, 0.29) is 18.9 Å². The smallest absolute Gasteiger partial charge is 0.359 e. The van der Waals surface area contributed by atoms with Crippen LogP contribution < -0.4 is 18.9 Å². The number of hydrogen-bond donors (Lipinski definition) is 0. The van der Waals surface area contributed by atoms with Crippen LogP contribution in [0.25, 0.3) is 0 Å². The van der Waals surface area contributed by atoms with Crippen molar-refractivity contribution in [1.82, 2.24) is 0 Å². The summed E-state index contributed by atoms with van der Waals surface area (Å²) in [5.74, 6) is 1.64. The molecule has 16 heavy (non-hydrogen) atoms. The third-order valence-corrected chi connectivity index (χ3v) is 2.63. The molecule has 0 bridgehead atoms. The minimum Gasteiger partial charge on any atom is -0.359 e. The van der Waals surface area contributed by atoms with Crippen molar-refractivity contribution in [3.8, 4) is 0 Å². The van der Waals surface area contributed by atoms with Crippen LogP contribution in [0.3, 0.4) is 0 Å². The molecule has 0 amide bonds. The Morgan fingerprint density at radius 2 is 1.88 bits per heavy atom. The van der Waals surface area contributed by atoms with Gasteiger partial charge in [-0.05, 0) is 18.8 Å². The van der Waals surface area contributed by atoms with Gasteiger partial charge < -0.3 is 15.9 Å². The van der Waals surface area contributed by atoms with Gasteiger partial charge in [-0.1, -0.05) is 26.2 Å². The van der Waals surface area contributed by atoms with E-state index in [4.69, 9.17) is 9.47 Å². The molecule has 0 heterocycles. The Morgan fingerprint density at radius 3 is 2.44 bits per heavy atom. The molecule has 0 aliphatic carbocycles. The number of methoxy groups -OCH3 is 1. The van der Waals surface area contributed by atoms with Crippen LogP contribution in [-0.2, 0) is 9.47 Å². The first-order valence-electron chi connectivity index (χ1n) is 6.05. The predicted molar refractivity (Wildman–Crippen MR) is 64.6 cm³/mol. The number of rotatable bonds is 10. The molecule has 2 atom stereocenters. The summed E-state index contributed by atoms with van der Waals surface area (Å²) in [5.41, 5.74) is 0. The summed E-state index contributed by atoms with van der Waals surface area (Å²) < 4.78 is 10.1. The second-order valence-corrected chi connectivity index (χ2v) is 4.55. The summed E-state index contributed by atoms with van der Waals surface area (Å²) in [7, 11) is 1.66. The summed E-state index contributed by atoms with van der Waals surface area (Å²) in [5, 5.41) is 0. The Bertz CT molecular complexity index is 131. The molecule has 0 aromatic rings. The van der Waals surface area contributed by atoms with Crippen molar-refractivity contribution in [2.75, 3.05) is 20.5 Å². The van der Waals surface area contributed by atoms with E-state index in [0.29, 0.717) is 6.79 Å². The zero-order valence-corrected chi connectivity index (χ0v) is 11.8. The molecule has 0 radical (unpaired) electrons. The monoisotopic (exact) mass is 222 g/mol. The van der Waals surface area contributed by atoms with E-state index in [1.54, 1.807) is 7.11 Å². The van der Waals surface area contributed by atoms with Crippen LogP contribution >= 0.6 is 0 Å². The number of hydrogen-bond acceptors (Lipinski definition) is 2. The molecule has 0 aliphatic heterocycles. The van der Waals surface area contributed by atoms with Crippen molar-refractivity contribution in [2.24, 2.45) is 11.8 Å². The van der Waals surface area contributed by atoms with Gasteiger partial charge in [0.25, 0.3) is 0 Å². The maximum Gasteiger partial charge on any atom is 1.00 e. The molecular formula is C13H27LiO2. The third kappa shape index (κ3) is 12.6. The van der Waals surface area contributed by atoms with Gasteiger partial charge in [-0.2, -0.15) is 13.3 Å². The summed E-state index contributed by atoms with van der Waals surface area (Å²) in [6.07, 6.45) is 7.24. The van der Waals surface area contributed by atoms with Crippen molar-refractivity contribution in [1.29, 1.82) is 0 Å². The van der Waals surface area contributed by atoms with Crippen molar-refractivity contribution < 1.29 is 28.3 Å². The zero-order chi connectivity index (χ0) is 11.5. The van der Waals surface area contributed by atoms with Gasteiger partial charge in [0.05, 0.1) is 0 Å². The van der Waals surface area contributed by atoms with Crippen LogP contribution in [0.1, 0.15) is 46.5 Å². The van der Waals surface area contributed by atoms with Crippen LogP contribution in [0.2, 0.25) is 0 Å². The SMILES string of the molecule is C[CH-]CC(C)CC(C)CCCOCOC.[Li+]. The van der Waals surface area contributed by atoms with E-state index in [1.165, 1.54) is 19.3 Å². The van der Waals surface area contributed by atoms with Gasteiger partial charge in [0.2, 0.25) is 0 Å². The second kappa shape index (κ2) is 13.6. The second-order valence-electron chi connectivity index (χ2n) is 4.55. The molecule has 0 N–H and O–H groups in total. The Hall–Kier alpha value is 0.517. The fraction of sp³-hybridized carbons (Fsp3) is 0.923. The van der Waals surface area contributed by atoms with Crippen molar-refractivity contribution >= 4 is 0 Å². The quantitative estimate of drug-likeness (QED) is 0.234. The Labute approximate surface area is 114 Å². The van der Waals surface area contributed by atoms with Gasteiger partial charge >= 0.3 is 18.9 Å². The topological polar surface area (TPSA) is 18.5 Å². The van der Waals surface area contributed by atoms with Gasteiger partial charge in [0.15, 0.2) is 0 Å². The maximum absolute atomic E-state index is 5.26. The van der Waals surface area contributed by atoms with E-state index in [9.17, 15) is 0 Å². The molecule has 0 aromatic carbocycles. The molecule has 0 spiro atoms. The standard InChI is InChI=1S/C13H27O2.Li/c1-5-7-12(2)10-13(3)8-6-9-15-11-14-4;/h5,12-13H,6-11H2,1-4H3;/q-1;+1. The zero-order valence-electron chi connectivity index (χ0n) is 11.8. The summed E-state index contributed by atoms with van der Waals surface area (Å²) in [6, 6.07) is 0. The van der Waals surface area contributed by atoms with Crippen molar-refractivity contribution in [2.45, 2.75) is 46.5 Å². The molecule has 3 heteroatoms. The molecule has 0 aromatic heterocycles. The van der Waals surface area contributed by atoms with E-state index in [0.717, 1.165) is 24.9 Å². The molecule has 0 rings (SSSR count). The molecule has 92 valence electrons. The normalized spacial score (nSPS) is 14.2. The Kier molecular flexibility index (Phi) is 16.0. The van der Waals surface area contributed by atoms with Gasteiger partial charge in [-0.3, -0.25) is 0 Å². The fourth-order valence-electron chi connectivity index (χ4n) is 1.98. The van der Waals surface area contributed by atoms with E-state index < -0.39 is 0 Å². The van der Waals surface area contributed by atoms with E-state index in [1.807, 2.05) is 0 Å². The minimum absolute atomic E-state index is 0. The largest absolute Gasteiger partial charge is 1.00 e. The fourth-order valence-corrected chi connectivity index (χ4v) is 1.98.